The van der Waals surface area contributed by atoms with Crippen molar-refractivity contribution in [2.45, 2.75) is 25.4 Å². The van der Waals surface area contributed by atoms with Crippen LogP contribution in [0.15, 0.2) is 18.2 Å². The van der Waals surface area contributed by atoms with Gasteiger partial charge in [-0.15, -0.1) is 6.42 Å². The standard InChI is InChI=1S/C15H16F3N/c1-2-11-3-4-13(14(10-11)15(16,17)18)9-12-5-7-19-8-6-12/h1,3-4,10,12,19H,5-9H2. The van der Waals surface area contributed by atoms with Gasteiger partial charge in [-0.25, -0.2) is 0 Å². The number of terminal acetylenes is 1. The van der Waals surface area contributed by atoms with Crippen LogP contribution in [-0.4, -0.2) is 13.1 Å². The van der Waals surface area contributed by atoms with Gasteiger partial charge < -0.3 is 5.32 Å². The molecule has 0 bridgehead atoms. The van der Waals surface area contributed by atoms with Gasteiger partial charge in [-0.2, -0.15) is 13.2 Å². The van der Waals surface area contributed by atoms with Crippen molar-refractivity contribution in [3.05, 3.63) is 34.9 Å². The van der Waals surface area contributed by atoms with Gasteiger partial charge in [0.2, 0.25) is 0 Å². The Kier molecular flexibility index (Phi) is 4.16. The highest BCUT2D eigenvalue weighted by Crippen LogP contribution is 2.34. The van der Waals surface area contributed by atoms with E-state index in [4.69, 9.17) is 6.42 Å². The normalized spacial score (nSPS) is 17.2. The number of rotatable bonds is 2. The highest BCUT2D eigenvalue weighted by atomic mass is 19.4. The lowest BCUT2D eigenvalue weighted by Gasteiger charge is -2.24. The second-order valence-corrected chi connectivity index (χ2v) is 4.91. The molecule has 1 aromatic carbocycles. The summed E-state index contributed by atoms with van der Waals surface area (Å²) in [6.45, 7) is 1.77. The van der Waals surface area contributed by atoms with Gasteiger partial charge >= 0.3 is 6.18 Å². The monoisotopic (exact) mass is 267 g/mol. The molecule has 1 saturated heterocycles. The van der Waals surface area contributed by atoms with Crippen LogP contribution in [0.3, 0.4) is 0 Å². The van der Waals surface area contributed by atoms with E-state index in [0.717, 1.165) is 32.0 Å². The minimum absolute atomic E-state index is 0.279. The largest absolute Gasteiger partial charge is 0.416 e. The van der Waals surface area contributed by atoms with Gasteiger partial charge in [0.05, 0.1) is 5.56 Å². The van der Waals surface area contributed by atoms with Gasteiger partial charge in [0.1, 0.15) is 0 Å². The zero-order valence-corrected chi connectivity index (χ0v) is 10.6. The van der Waals surface area contributed by atoms with Crippen molar-refractivity contribution in [1.82, 2.24) is 5.32 Å². The summed E-state index contributed by atoms with van der Waals surface area (Å²) in [5.41, 5.74) is 0.0567. The first-order valence-corrected chi connectivity index (χ1v) is 6.38. The van der Waals surface area contributed by atoms with Crippen molar-refractivity contribution in [2.24, 2.45) is 5.92 Å². The van der Waals surface area contributed by atoms with Gasteiger partial charge in [-0.05, 0) is 56.0 Å². The van der Waals surface area contributed by atoms with Crippen LogP contribution in [-0.2, 0) is 12.6 Å². The van der Waals surface area contributed by atoms with Gasteiger partial charge in [0.15, 0.2) is 0 Å². The Morgan fingerprint density at radius 1 is 1.26 bits per heavy atom. The third-order valence-electron chi connectivity index (χ3n) is 3.55. The molecule has 0 unspecified atom stereocenters. The fourth-order valence-corrected chi connectivity index (χ4v) is 2.50. The van der Waals surface area contributed by atoms with Gasteiger partial charge in [0.25, 0.3) is 0 Å². The van der Waals surface area contributed by atoms with Gasteiger partial charge in [-0.3, -0.25) is 0 Å². The van der Waals surface area contributed by atoms with E-state index in [1.165, 1.54) is 6.07 Å². The summed E-state index contributed by atoms with van der Waals surface area (Å²) in [4.78, 5) is 0. The summed E-state index contributed by atoms with van der Waals surface area (Å²) in [5, 5.41) is 3.21. The van der Waals surface area contributed by atoms with Crippen molar-refractivity contribution in [1.29, 1.82) is 0 Å². The number of nitrogens with one attached hydrogen (secondary N) is 1. The van der Waals surface area contributed by atoms with Crippen LogP contribution in [0.25, 0.3) is 0 Å². The van der Waals surface area contributed by atoms with Crippen LogP contribution in [0.5, 0.6) is 0 Å². The quantitative estimate of drug-likeness (QED) is 0.811. The lowest BCUT2D eigenvalue weighted by atomic mass is 9.88. The SMILES string of the molecule is C#Cc1ccc(CC2CCNCC2)c(C(F)(F)F)c1. The minimum Gasteiger partial charge on any atom is -0.317 e. The number of piperidine rings is 1. The highest BCUT2D eigenvalue weighted by molar-refractivity contribution is 5.41. The molecule has 0 radical (unpaired) electrons. The fraction of sp³-hybridized carbons (Fsp3) is 0.467. The zero-order valence-electron chi connectivity index (χ0n) is 10.6. The highest BCUT2D eigenvalue weighted by Gasteiger charge is 2.34. The van der Waals surface area contributed by atoms with Gasteiger partial charge in [0, 0.05) is 5.56 Å². The molecule has 0 aromatic heterocycles. The number of alkyl halides is 3. The Balaban J connectivity index is 2.26. The van der Waals surface area contributed by atoms with Crippen LogP contribution in [0.1, 0.15) is 29.5 Å². The molecule has 102 valence electrons. The molecule has 1 aromatic rings. The summed E-state index contributed by atoms with van der Waals surface area (Å²) in [6.07, 6.45) is 3.16. The van der Waals surface area contributed by atoms with Crippen LogP contribution in [0.2, 0.25) is 0 Å². The first-order chi connectivity index (χ1) is 9.00. The Morgan fingerprint density at radius 3 is 2.53 bits per heavy atom. The zero-order chi connectivity index (χ0) is 13.9. The number of hydrogen-bond acceptors (Lipinski definition) is 1. The van der Waals surface area contributed by atoms with E-state index in [1.54, 1.807) is 6.07 Å². The molecule has 0 amide bonds. The summed E-state index contributed by atoms with van der Waals surface area (Å²) in [5.74, 6) is 2.58. The molecule has 4 heteroatoms. The number of halogens is 3. The molecule has 0 saturated carbocycles. The maximum atomic E-state index is 13.0. The van der Waals surface area contributed by atoms with Crippen molar-refractivity contribution < 1.29 is 13.2 Å². The molecule has 1 nitrogen and oxygen atoms in total. The number of hydrogen-bond donors (Lipinski definition) is 1. The maximum Gasteiger partial charge on any atom is 0.416 e. The Bertz CT molecular complexity index is 479. The predicted molar refractivity (Wildman–Crippen MR) is 68.7 cm³/mol. The van der Waals surface area contributed by atoms with Crippen molar-refractivity contribution >= 4 is 0 Å². The molecule has 2 rings (SSSR count). The Morgan fingerprint density at radius 2 is 1.95 bits per heavy atom. The topological polar surface area (TPSA) is 12.0 Å². The lowest BCUT2D eigenvalue weighted by molar-refractivity contribution is -0.138. The third-order valence-corrected chi connectivity index (χ3v) is 3.55. The molecule has 1 aliphatic heterocycles. The fourth-order valence-electron chi connectivity index (χ4n) is 2.50. The summed E-state index contributed by atoms with van der Waals surface area (Å²) in [6, 6.07) is 4.20. The molecule has 1 aliphatic rings. The molecule has 0 spiro atoms. The first kappa shape index (κ1) is 14.0. The van der Waals surface area contributed by atoms with E-state index in [0.29, 0.717) is 17.9 Å². The van der Waals surface area contributed by atoms with Crippen LogP contribution < -0.4 is 5.32 Å². The summed E-state index contributed by atoms with van der Waals surface area (Å²) < 4.78 is 39.1. The van der Waals surface area contributed by atoms with E-state index < -0.39 is 11.7 Å². The predicted octanol–water partition coefficient (Wildman–Crippen LogP) is 3.23. The molecule has 1 fully saturated rings. The average molecular weight is 267 g/mol. The third kappa shape index (κ3) is 3.51. The molecule has 1 heterocycles. The average Bonchev–Trinajstić information content (AvgIpc) is 2.39. The van der Waals surface area contributed by atoms with Crippen molar-refractivity contribution in [3.63, 3.8) is 0 Å². The van der Waals surface area contributed by atoms with Crippen molar-refractivity contribution in [2.75, 3.05) is 13.1 Å². The molecule has 0 aliphatic carbocycles. The van der Waals surface area contributed by atoms with E-state index >= 15 is 0 Å². The van der Waals surface area contributed by atoms with E-state index in [9.17, 15) is 13.2 Å². The number of benzene rings is 1. The minimum atomic E-state index is -4.34. The Labute approximate surface area is 111 Å². The molecular weight excluding hydrogens is 251 g/mol. The Hall–Kier alpha value is -1.47. The van der Waals surface area contributed by atoms with E-state index in [-0.39, 0.29) is 5.56 Å². The first-order valence-electron chi connectivity index (χ1n) is 6.38. The van der Waals surface area contributed by atoms with E-state index in [2.05, 4.69) is 11.2 Å². The van der Waals surface area contributed by atoms with E-state index in [1.807, 2.05) is 0 Å². The molecular formula is C15H16F3N. The summed E-state index contributed by atoms with van der Waals surface area (Å²) in [7, 11) is 0. The van der Waals surface area contributed by atoms with Crippen LogP contribution in [0.4, 0.5) is 13.2 Å². The van der Waals surface area contributed by atoms with Crippen LogP contribution >= 0.6 is 0 Å². The summed E-state index contributed by atoms with van der Waals surface area (Å²) >= 11 is 0. The molecule has 0 atom stereocenters. The second-order valence-electron chi connectivity index (χ2n) is 4.91. The molecule has 19 heavy (non-hydrogen) atoms. The smallest absolute Gasteiger partial charge is 0.317 e. The second kappa shape index (κ2) is 5.66. The van der Waals surface area contributed by atoms with Crippen LogP contribution in [0, 0.1) is 18.3 Å². The maximum absolute atomic E-state index is 13.0. The lowest BCUT2D eigenvalue weighted by Crippen LogP contribution is -2.29. The van der Waals surface area contributed by atoms with Gasteiger partial charge in [-0.1, -0.05) is 12.0 Å². The molecule has 1 N–H and O–H groups in total. The van der Waals surface area contributed by atoms with Crippen molar-refractivity contribution in [3.8, 4) is 12.3 Å².